The van der Waals surface area contributed by atoms with Gasteiger partial charge in [0.05, 0.1) is 32.2 Å². The van der Waals surface area contributed by atoms with Crippen molar-refractivity contribution in [2.45, 2.75) is 39.1 Å². The fourth-order valence-corrected chi connectivity index (χ4v) is 4.46. The van der Waals surface area contributed by atoms with Gasteiger partial charge in [-0.3, -0.25) is 9.78 Å². The number of hydrogen-bond acceptors (Lipinski definition) is 7. The van der Waals surface area contributed by atoms with E-state index in [0.29, 0.717) is 34.1 Å². The molecule has 4 aromatic rings. The second kappa shape index (κ2) is 11.3. The van der Waals surface area contributed by atoms with Crippen molar-refractivity contribution in [2.75, 3.05) is 10.6 Å². The van der Waals surface area contributed by atoms with Crippen LogP contribution >= 0.6 is 23.1 Å². The molecule has 0 aliphatic rings. The van der Waals surface area contributed by atoms with Gasteiger partial charge in [0.25, 0.3) is 5.91 Å². The average molecular weight is 596 g/mol. The van der Waals surface area contributed by atoms with E-state index in [1.165, 1.54) is 24.4 Å². The van der Waals surface area contributed by atoms with Gasteiger partial charge >= 0.3 is 12.3 Å². The zero-order valence-electron chi connectivity index (χ0n) is 21.2. The highest BCUT2D eigenvalue weighted by molar-refractivity contribution is 7.14. The molecule has 8 nitrogen and oxygen atoms in total. The van der Waals surface area contributed by atoms with Crippen LogP contribution in [-0.2, 0) is 17.5 Å². The summed E-state index contributed by atoms with van der Waals surface area (Å²) in [5.74, 6) is -1.46. The third-order valence-corrected chi connectivity index (χ3v) is 6.46. The summed E-state index contributed by atoms with van der Waals surface area (Å²) in [6, 6.07) is 8.17. The Bertz CT molecular complexity index is 1590. The van der Waals surface area contributed by atoms with Crippen molar-refractivity contribution in [1.29, 1.82) is 0 Å². The van der Waals surface area contributed by atoms with Crippen molar-refractivity contribution >= 4 is 62.5 Å². The number of nitrogens with one attached hydrogen (secondary N) is 3. The molecule has 0 atom stereocenters. The predicted octanol–water partition coefficient (Wildman–Crippen LogP) is 7.52. The third-order valence-electron chi connectivity index (χ3n) is 5.26. The minimum absolute atomic E-state index is 0.0163. The Hall–Kier alpha value is -3.97. The number of pyridine rings is 1. The summed E-state index contributed by atoms with van der Waals surface area (Å²) in [7, 11) is 0. The summed E-state index contributed by atoms with van der Waals surface area (Å²) in [6.45, 7) is 5.29. The van der Waals surface area contributed by atoms with E-state index in [2.05, 4.69) is 25.3 Å². The third kappa shape index (κ3) is 6.96. The fraction of sp³-hybridized carbons (Fsp3) is 0.231. The van der Waals surface area contributed by atoms with Crippen LogP contribution < -0.4 is 16.0 Å². The SMILES string of the molecule is CC(C)(C)OC(=O)NCc1ccc(Cl)c(C(=O)Nc2ccnc3c(Nc4cc(C(F)(F)F)ccc4F)nsc23)c1. The zero-order valence-corrected chi connectivity index (χ0v) is 22.8. The van der Waals surface area contributed by atoms with Gasteiger partial charge in [-0.25, -0.2) is 9.18 Å². The summed E-state index contributed by atoms with van der Waals surface area (Å²) in [4.78, 5) is 29.3. The molecule has 2 aromatic carbocycles. The second-order valence-corrected chi connectivity index (χ2v) is 10.7. The molecule has 2 aromatic heterocycles. The molecular formula is C26H22ClF4N5O3S. The van der Waals surface area contributed by atoms with E-state index in [9.17, 15) is 27.2 Å². The van der Waals surface area contributed by atoms with E-state index in [4.69, 9.17) is 16.3 Å². The summed E-state index contributed by atoms with van der Waals surface area (Å²) in [6.07, 6.45) is -3.91. The van der Waals surface area contributed by atoms with Crippen LogP contribution in [0.3, 0.4) is 0 Å². The van der Waals surface area contributed by atoms with E-state index in [1.54, 1.807) is 26.8 Å². The number of amides is 2. The number of aromatic nitrogens is 2. The molecule has 3 N–H and O–H groups in total. The standard InChI is InChI=1S/C26H22ClF4N5O3S/c1-25(2,3)39-24(38)33-12-13-4-6-16(27)15(10-13)23(37)35-18-8-9-32-20-21(18)40-36-22(20)34-19-11-14(26(29,30)31)5-7-17(19)28/h4-11H,12H2,1-3H3,(H,33,38)(H,34,36)(H,32,35,37). The lowest BCUT2D eigenvalue weighted by atomic mass is 10.1. The van der Waals surface area contributed by atoms with E-state index < -0.39 is 40.8 Å². The summed E-state index contributed by atoms with van der Waals surface area (Å²) >= 11 is 7.17. The van der Waals surface area contributed by atoms with Gasteiger partial charge in [-0.05, 0) is 74.3 Å². The van der Waals surface area contributed by atoms with Crippen LogP contribution in [0.15, 0.2) is 48.7 Å². The number of carbonyl (C=O) groups is 2. The topological polar surface area (TPSA) is 105 Å². The lowest BCUT2D eigenvalue weighted by molar-refractivity contribution is -0.137. The fourth-order valence-electron chi connectivity index (χ4n) is 3.48. The Morgan fingerprint density at radius 2 is 1.80 bits per heavy atom. The monoisotopic (exact) mass is 595 g/mol. The van der Waals surface area contributed by atoms with Crippen molar-refractivity contribution in [3.63, 3.8) is 0 Å². The maximum atomic E-state index is 14.3. The van der Waals surface area contributed by atoms with Gasteiger partial charge in [0.2, 0.25) is 0 Å². The molecule has 0 fully saturated rings. The molecule has 0 unspecified atom stereocenters. The van der Waals surface area contributed by atoms with Crippen LogP contribution in [0.2, 0.25) is 5.02 Å². The molecule has 0 aliphatic heterocycles. The first-order valence-corrected chi connectivity index (χ1v) is 12.8. The number of halogens is 5. The summed E-state index contributed by atoms with van der Waals surface area (Å²) in [5, 5.41) is 8.05. The second-order valence-electron chi connectivity index (χ2n) is 9.51. The molecule has 2 amide bonds. The van der Waals surface area contributed by atoms with Crippen LogP contribution in [0.4, 0.5) is 39.5 Å². The highest BCUT2D eigenvalue weighted by atomic mass is 35.5. The highest BCUT2D eigenvalue weighted by Gasteiger charge is 2.31. The van der Waals surface area contributed by atoms with Crippen molar-refractivity contribution in [3.05, 3.63) is 76.2 Å². The number of carbonyl (C=O) groups excluding carboxylic acids is 2. The Morgan fingerprint density at radius 3 is 2.50 bits per heavy atom. The minimum Gasteiger partial charge on any atom is -0.444 e. The van der Waals surface area contributed by atoms with Gasteiger partial charge in [0, 0.05) is 12.7 Å². The number of alkyl carbamates (subject to hydrolysis) is 1. The highest BCUT2D eigenvalue weighted by Crippen LogP contribution is 2.36. The molecule has 14 heteroatoms. The lowest BCUT2D eigenvalue weighted by Crippen LogP contribution is -2.32. The molecule has 4 rings (SSSR count). The molecule has 0 saturated heterocycles. The smallest absolute Gasteiger partial charge is 0.416 e. The van der Waals surface area contributed by atoms with Crippen LogP contribution in [0.1, 0.15) is 42.3 Å². The van der Waals surface area contributed by atoms with Crippen LogP contribution in [0, 0.1) is 5.82 Å². The van der Waals surface area contributed by atoms with Gasteiger partial charge < -0.3 is 20.7 Å². The number of fused-ring (bicyclic) bond motifs is 1. The summed E-state index contributed by atoms with van der Waals surface area (Å²) < 4.78 is 63.3. The van der Waals surface area contributed by atoms with Crippen molar-refractivity contribution < 1.29 is 31.9 Å². The first-order valence-electron chi connectivity index (χ1n) is 11.7. The quantitative estimate of drug-likeness (QED) is 0.199. The van der Waals surface area contributed by atoms with Crippen LogP contribution in [0.25, 0.3) is 10.2 Å². The largest absolute Gasteiger partial charge is 0.444 e. The van der Waals surface area contributed by atoms with E-state index >= 15 is 0 Å². The Balaban J connectivity index is 1.53. The Morgan fingerprint density at radius 1 is 1.05 bits per heavy atom. The van der Waals surface area contributed by atoms with Crippen molar-refractivity contribution in [3.8, 4) is 0 Å². The first kappa shape index (κ1) is 29.0. The normalized spacial score (nSPS) is 11.8. The Kier molecular flexibility index (Phi) is 8.17. The lowest BCUT2D eigenvalue weighted by Gasteiger charge is -2.19. The molecule has 2 heterocycles. The maximum Gasteiger partial charge on any atom is 0.416 e. The Labute approximate surface area is 234 Å². The summed E-state index contributed by atoms with van der Waals surface area (Å²) in [5.41, 5.74) is -0.895. The molecular weight excluding hydrogens is 574 g/mol. The number of alkyl halides is 3. The van der Waals surface area contributed by atoms with Crippen LogP contribution in [-0.4, -0.2) is 27.0 Å². The van der Waals surface area contributed by atoms with Crippen LogP contribution in [0.5, 0.6) is 0 Å². The van der Waals surface area contributed by atoms with E-state index in [1.807, 2.05) is 0 Å². The number of nitrogens with zero attached hydrogens (tertiary/aromatic N) is 2. The van der Waals surface area contributed by atoms with Gasteiger partial charge in [-0.1, -0.05) is 17.7 Å². The van der Waals surface area contributed by atoms with Gasteiger partial charge in [0.1, 0.15) is 16.9 Å². The molecule has 0 radical (unpaired) electrons. The van der Waals surface area contributed by atoms with Crippen molar-refractivity contribution in [1.82, 2.24) is 14.7 Å². The number of anilines is 3. The zero-order chi connectivity index (χ0) is 29.2. The average Bonchev–Trinajstić information content (AvgIpc) is 3.27. The predicted molar refractivity (Wildman–Crippen MR) is 145 cm³/mol. The maximum absolute atomic E-state index is 14.3. The molecule has 0 bridgehead atoms. The van der Waals surface area contributed by atoms with E-state index in [0.717, 1.165) is 11.5 Å². The molecule has 0 spiro atoms. The molecule has 0 aliphatic carbocycles. The number of hydrogen-bond donors (Lipinski definition) is 3. The molecule has 210 valence electrons. The van der Waals surface area contributed by atoms with E-state index in [-0.39, 0.29) is 28.5 Å². The van der Waals surface area contributed by atoms with Crippen molar-refractivity contribution in [2.24, 2.45) is 0 Å². The number of benzene rings is 2. The van der Waals surface area contributed by atoms with Gasteiger partial charge in [0.15, 0.2) is 5.82 Å². The molecule has 0 saturated carbocycles. The van der Waals surface area contributed by atoms with Gasteiger partial charge in [-0.2, -0.15) is 17.5 Å². The molecule has 40 heavy (non-hydrogen) atoms. The number of ether oxygens (including phenoxy) is 1. The van der Waals surface area contributed by atoms with Gasteiger partial charge in [-0.15, -0.1) is 0 Å². The number of rotatable bonds is 6. The minimum atomic E-state index is -4.66. The first-order chi connectivity index (χ1) is 18.7.